The summed E-state index contributed by atoms with van der Waals surface area (Å²) in [6.07, 6.45) is 5.78. The molecule has 3 rings (SSSR count). The summed E-state index contributed by atoms with van der Waals surface area (Å²) in [4.78, 5) is 46.3. The van der Waals surface area contributed by atoms with Gasteiger partial charge in [-0.1, -0.05) is 37.6 Å². The number of amides is 3. The monoisotopic (exact) mass is 618 g/mol. The van der Waals surface area contributed by atoms with Crippen LogP contribution in [-0.4, -0.2) is 50.1 Å². The van der Waals surface area contributed by atoms with E-state index in [0.29, 0.717) is 42.8 Å². The Labute approximate surface area is 263 Å². The van der Waals surface area contributed by atoms with Crippen molar-refractivity contribution in [1.29, 1.82) is 0 Å². The van der Waals surface area contributed by atoms with E-state index in [1.807, 2.05) is 52.0 Å². The van der Waals surface area contributed by atoms with E-state index in [1.54, 1.807) is 40.8 Å². The Bertz CT molecular complexity index is 1450. The van der Waals surface area contributed by atoms with Crippen LogP contribution in [0.1, 0.15) is 64.0 Å². The van der Waals surface area contributed by atoms with E-state index in [0.717, 1.165) is 36.1 Å². The van der Waals surface area contributed by atoms with E-state index in [1.165, 1.54) is 6.08 Å². The summed E-state index contributed by atoms with van der Waals surface area (Å²) in [7, 11) is 0. The van der Waals surface area contributed by atoms with Crippen molar-refractivity contribution in [3.63, 3.8) is 0 Å². The molecule has 0 saturated carbocycles. The minimum Gasteiger partial charge on any atom is -0.444 e. The Morgan fingerprint density at radius 2 is 1.76 bits per heavy atom. The Balaban J connectivity index is 1.62. The third kappa shape index (κ3) is 12.3. The molecule has 0 saturated heterocycles. The first-order valence-corrected chi connectivity index (χ1v) is 14.8. The Hall–Kier alpha value is -4.97. The molecule has 12 heteroatoms. The highest BCUT2D eigenvalue weighted by Gasteiger charge is 2.22. The maximum atomic E-state index is 12.9. The molecule has 3 amide bonds. The zero-order chi connectivity index (χ0) is 32.8. The Morgan fingerprint density at radius 1 is 1.02 bits per heavy atom. The average Bonchev–Trinajstić information content (AvgIpc) is 2.99. The molecular formula is C33H42N6O6. The van der Waals surface area contributed by atoms with Gasteiger partial charge >= 0.3 is 6.09 Å². The van der Waals surface area contributed by atoms with Crippen LogP contribution in [-0.2, 0) is 20.9 Å². The van der Waals surface area contributed by atoms with Crippen molar-refractivity contribution in [1.82, 2.24) is 20.3 Å². The van der Waals surface area contributed by atoms with Gasteiger partial charge in [-0.3, -0.25) is 14.8 Å². The van der Waals surface area contributed by atoms with E-state index < -0.39 is 17.6 Å². The van der Waals surface area contributed by atoms with E-state index in [-0.39, 0.29) is 12.3 Å². The molecule has 0 aliphatic carbocycles. The molecule has 0 radical (unpaired) electrons. The molecule has 0 spiro atoms. The third-order valence-corrected chi connectivity index (χ3v) is 6.37. The summed E-state index contributed by atoms with van der Waals surface area (Å²) in [6.45, 7) is 11.7. The van der Waals surface area contributed by atoms with Crippen LogP contribution in [0, 0.1) is 6.92 Å². The number of unbranched alkanes of at least 4 members (excludes halogenated alkanes) is 3. The zero-order valence-corrected chi connectivity index (χ0v) is 26.3. The second-order valence-corrected chi connectivity index (χ2v) is 11.4. The Morgan fingerprint density at radius 3 is 2.44 bits per heavy atom. The lowest BCUT2D eigenvalue weighted by Gasteiger charge is -2.27. The lowest BCUT2D eigenvalue weighted by Crippen LogP contribution is -2.37. The minimum atomic E-state index is -0.623. The van der Waals surface area contributed by atoms with Gasteiger partial charge in [0, 0.05) is 48.7 Å². The molecule has 0 aliphatic rings. The standard InChI is InChI=1S/C33H42N6O6/c1-6-28(40)35-26-12-11-13-27(20-26)44-30-23(2)21-34-31(37-30)36-25-17-15-24(16-18-25)22-39(32(42)45-33(3,4)5)19-10-8-7-9-14-29(41)38-43/h6,11-13,15-18,20-21,43H,1,7-10,14,19,22H2,2-5H3,(H,35,40)(H,38,41)(H,34,36,37). The molecule has 45 heavy (non-hydrogen) atoms. The van der Waals surface area contributed by atoms with Crippen molar-refractivity contribution in [2.45, 2.75) is 71.9 Å². The molecule has 0 bridgehead atoms. The van der Waals surface area contributed by atoms with Crippen LogP contribution >= 0.6 is 0 Å². The van der Waals surface area contributed by atoms with Gasteiger partial charge in [0.05, 0.1) is 0 Å². The van der Waals surface area contributed by atoms with Gasteiger partial charge in [-0.05, 0) is 76.4 Å². The first-order chi connectivity index (χ1) is 21.5. The molecule has 12 nitrogen and oxygen atoms in total. The van der Waals surface area contributed by atoms with Gasteiger partial charge in [0.25, 0.3) is 0 Å². The Kier molecular flexibility index (Phi) is 12.9. The highest BCUT2D eigenvalue weighted by molar-refractivity contribution is 5.98. The van der Waals surface area contributed by atoms with Crippen LogP contribution < -0.4 is 20.9 Å². The van der Waals surface area contributed by atoms with Gasteiger partial charge in [0.2, 0.25) is 23.6 Å². The second-order valence-electron chi connectivity index (χ2n) is 11.4. The summed E-state index contributed by atoms with van der Waals surface area (Å²) in [5.74, 6) is 0.480. The van der Waals surface area contributed by atoms with Crippen molar-refractivity contribution in [2.24, 2.45) is 0 Å². The number of hydroxylamine groups is 1. The number of ether oxygens (including phenoxy) is 2. The van der Waals surface area contributed by atoms with Crippen LogP contribution in [0.5, 0.6) is 11.6 Å². The van der Waals surface area contributed by atoms with E-state index in [4.69, 9.17) is 14.7 Å². The number of hydrogen-bond acceptors (Lipinski definition) is 9. The molecule has 1 heterocycles. The SMILES string of the molecule is C=CC(=O)Nc1cccc(Oc2nc(Nc3ccc(CN(CCCCCCC(=O)NO)C(=O)OC(C)(C)C)cc3)ncc2C)c1. The fourth-order valence-corrected chi connectivity index (χ4v) is 4.13. The molecule has 240 valence electrons. The summed E-state index contributed by atoms with van der Waals surface area (Å²) in [5.41, 5.74) is 3.98. The summed E-state index contributed by atoms with van der Waals surface area (Å²) >= 11 is 0. The molecule has 0 atom stereocenters. The van der Waals surface area contributed by atoms with Crippen molar-refractivity contribution < 1.29 is 29.1 Å². The zero-order valence-electron chi connectivity index (χ0n) is 26.3. The second kappa shape index (κ2) is 16.8. The highest BCUT2D eigenvalue weighted by atomic mass is 16.6. The van der Waals surface area contributed by atoms with Crippen LogP contribution in [0.4, 0.5) is 22.1 Å². The average molecular weight is 619 g/mol. The van der Waals surface area contributed by atoms with E-state index in [9.17, 15) is 14.4 Å². The molecule has 3 aromatic rings. The molecular weight excluding hydrogens is 576 g/mol. The molecule has 2 aromatic carbocycles. The van der Waals surface area contributed by atoms with Crippen molar-refractivity contribution in [3.8, 4) is 11.6 Å². The van der Waals surface area contributed by atoms with Crippen LogP contribution in [0.3, 0.4) is 0 Å². The lowest BCUT2D eigenvalue weighted by atomic mass is 10.1. The van der Waals surface area contributed by atoms with Crippen molar-refractivity contribution in [3.05, 3.63) is 78.5 Å². The number of carbonyl (C=O) groups is 3. The molecule has 0 fully saturated rings. The largest absolute Gasteiger partial charge is 0.444 e. The number of rotatable bonds is 15. The minimum absolute atomic E-state index is 0.264. The lowest BCUT2D eigenvalue weighted by molar-refractivity contribution is -0.129. The smallest absolute Gasteiger partial charge is 0.410 e. The van der Waals surface area contributed by atoms with Gasteiger partial charge in [-0.25, -0.2) is 15.3 Å². The maximum absolute atomic E-state index is 12.9. The number of carbonyl (C=O) groups excluding carboxylic acids is 3. The van der Waals surface area contributed by atoms with Crippen LogP contribution in [0.2, 0.25) is 0 Å². The van der Waals surface area contributed by atoms with Crippen LogP contribution in [0.15, 0.2) is 67.4 Å². The first kappa shape index (κ1) is 34.5. The van der Waals surface area contributed by atoms with Gasteiger partial charge < -0.3 is 25.0 Å². The third-order valence-electron chi connectivity index (χ3n) is 6.37. The number of aryl methyl sites for hydroxylation is 1. The maximum Gasteiger partial charge on any atom is 0.410 e. The fourth-order valence-electron chi connectivity index (χ4n) is 4.13. The first-order valence-electron chi connectivity index (χ1n) is 14.8. The predicted molar refractivity (Wildman–Crippen MR) is 171 cm³/mol. The van der Waals surface area contributed by atoms with Crippen molar-refractivity contribution >= 4 is 35.2 Å². The fraction of sp³-hybridized carbons (Fsp3) is 0.364. The number of aromatic nitrogens is 2. The van der Waals surface area contributed by atoms with E-state index in [2.05, 4.69) is 27.2 Å². The van der Waals surface area contributed by atoms with Crippen molar-refractivity contribution in [2.75, 3.05) is 17.2 Å². The van der Waals surface area contributed by atoms with Gasteiger partial charge in [-0.2, -0.15) is 4.98 Å². The van der Waals surface area contributed by atoms with Crippen LogP contribution in [0.25, 0.3) is 0 Å². The molecule has 0 unspecified atom stereocenters. The highest BCUT2D eigenvalue weighted by Crippen LogP contribution is 2.27. The molecule has 0 aliphatic heterocycles. The van der Waals surface area contributed by atoms with Gasteiger partial charge in [0.15, 0.2) is 0 Å². The summed E-state index contributed by atoms with van der Waals surface area (Å²) in [5, 5.41) is 14.5. The number of benzene rings is 2. The molecule has 1 aromatic heterocycles. The van der Waals surface area contributed by atoms with Gasteiger partial charge in [0.1, 0.15) is 11.4 Å². The normalized spacial score (nSPS) is 10.9. The van der Waals surface area contributed by atoms with Gasteiger partial charge in [-0.15, -0.1) is 0 Å². The number of hydrogen-bond donors (Lipinski definition) is 4. The number of nitrogens with one attached hydrogen (secondary N) is 3. The topological polar surface area (TPSA) is 155 Å². The summed E-state index contributed by atoms with van der Waals surface area (Å²) in [6, 6.07) is 14.6. The summed E-state index contributed by atoms with van der Waals surface area (Å²) < 4.78 is 11.6. The quantitative estimate of drug-likeness (QED) is 0.0635. The molecule has 4 N–H and O–H groups in total. The number of nitrogens with zero attached hydrogens (tertiary/aromatic N) is 3. The predicted octanol–water partition coefficient (Wildman–Crippen LogP) is 6.64. The van der Waals surface area contributed by atoms with E-state index >= 15 is 0 Å². The number of anilines is 3.